The molecule has 0 amide bonds. The molecule has 1 aromatic heterocycles. The van der Waals surface area contributed by atoms with Gasteiger partial charge in [-0.3, -0.25) is 4.90 Å². The summed E-state index contributed by atoms with van der Waals surface area (Å²) in [5, 5.41) is 20.3. The summed E-state index contributed by atoms with van der Waals surface area (Å²) in [6, 6.07) is 7.18. The Kier molecular flexibility index (Phi) is 12.0. The van der Waals surface area contributed by atoms with Crippen LogP contribution in [0.5, 0.6) is 0 Å². The molecule has 2 aromatic rings. The third-order valence-electron chi connectivity index (χ3n) is 7.81. The lowest BCUT2D eigenvalue weighted by Gasteiger charge is -2.28. The number of ether oxygens (including phenoxy) is 1. The zero-order valence-electron chi connectivity index (χ0n) is 24.5. The van der Waals surface area contributed by atoms with Gasteiger partial charge in [0.05, 0.1) is 24.2 Å². The predicted molar refractivity (Wildman–Crippen MR) is 163 cm³/mol. The minimum atomic E-state index is -3.51. The monoisotopic (exact) mass is 589 g/mol. The van der Waals surface area contributed by atoms with Crippen LogP contribution < -0.4 is 16.0 Å². The summed E-state index contributed by atoms with van der Waals surface area (Å²) < 4.78 is 33.1. The Hall–Kier alpha value is -2.51. The average molecular weight is 590 g/mol. The van der Waals surface area contributed by atoms with E-state index in [4.69, 9.17) is 9.72 Å². The van der Waals surface area contributed by atoms with E-state index in [9.17, 15) is 13.5 Å². The van der Waals surface area contributed by atoms with Crippen LogP contribution in [0.2, 0.25) is 0 Å². The molecule has 0 atom stereocenters. The summed E-state index contributed by atoms with van der Waals surface area (Å²) in [5.41, 5.74) is 1.74. The number of unbranched alkanes of at least 4 members (excludes halogenated alkanes) is 1. The van der Waals surface area contributed by atoms with E-state index in [1.165, 1.54) is 4.31 Å². The first-order valence-corrected chi connectivity index (χ1v) is 16.5. The van der Waals surface area contributed by atoms with Gasteiger partial charge in [-0.2, -0.15) is 9.29 Å². The fraction of sp³-hybridized carbons (Fsp3) is 0.655. The van der Waals surface area contributed by atoms with E-state index in [0.717, 1.165) is 95.0 Å². The van der Waals surface area contributed by atoms with Crippen LogP contribution in [0.25, 0.3) is 0 Å². The molecule has 41 heavy (non-hydrogen) atoms. The highest BCUT2D eigenvalue weighted by molar-refractivity contribution is 7.89. The standard InChI is InChI=1S/C29H47N7O4S/c1-3-5-15-36(4-2)41(38,39)27-12-8-24(9-13-27)31-21-23-22-32-29(30-14-16-35-17-19-40-20-18-35)34-28(23)33-25-6-10-26(37)11-7-25/h8-9,12-13,22,25-26,31,37H,3-7,10-11,14-21H2,1-2H3,(H2,30,32,33,34). The minimum absolute atomic E-state index is 0.222. The van der Waals surface area contributed by atoms with Crippen molar-refractivity contribution in [2.75, 3.05) is 68.4 Å². The fourth-order valence-corrected chi connectivity index (χ4v) is 6.67. The maximum atomic E-state index is 13.1. The second kappa shape index (κ2) is 15.6. The summed E-state index contributed by atoms with van der Waals surface area (Å²) in [6.45, 7) is 10.5. The van der Waals surface area contributed by atoms with Crippen LogP contribution >= 0.6 is 0 Å². The molecule has 1 aliphatic heterocycles. The van der Waals surface area contributed by atoms with Gasteiger partial charge in [0, 0.05) is 69.3 Å². The predicted octanol–water partition coefficient (Wildman–Crippen LogP) is 3.36. The quantitative estimate of drug-likeness (QED) is 0.245. The molecule has 0 radical (unpaired) electrons. The molecule has 1 aromatic carbocycles. The molecule has 1 saturated heterocycles. The maximum absolute atomic E-state index is 13.1. The molecule has 11 nitrogen and oxygen atoms in total. The Morgan fingerprint density at radius 2 is 1.80 bits per heavy atom. The average Bonchev–Trinajstić information content (AvgIpc) is 2.99. The lowest BCUT2D eigenvalue weighted by Crippen LogP contribution is -2.39. The summed E-state index contributed by atoms with van der Waals surface area (Å²) in [5.74, 6) is 1.36. The van der Waals surface area contributed by atoms with Gasteiger partial charge in [0.1, 0.15) is 5.82 Å². The van der Waals surface area contributed by atoms with Gasteiger partial charge >= 0.3 is 0 Å². The lowest BCUT2D eigenvalue weighted by atomic mass is 9.93. The van der Waals surface area contributed by atoms with Crippen molar-refractivity contribution in [3.05, 3.63) is 36.0 Å². The molecular formula is C29H47N7O4S. The molecule has 0 bridgehead atoms. The van der Waals surface area contributed by atoms with Crippen molar-refractivity contribution >= 4 is 27.5 Å². The molecule has 2 heterocycles. The molecule has 228 valence electrons. The fourth-order valence-electron chi connectivity index (χ4n) is 5.18. The molecule has 4 N–H and O–H groups in total. The van der Waals surface area contributed by atoms with Crippen LogP contribution in [0.4, 0.5) is 17.5 Å². The Bertz CT molecular complexity index is 1170. The number of nitrogens with one attached hydrogen (secondary N) is 3. The van der Waals surface area contributed by atoms with E-state index in [1.807, 2.05) is 13.1 Å². The number of aliphatic hydroxyl groups is 1. The van der Waals surface area contributed by atoms with E-state index in [1.54, 1.807) is 24.3 Å². The van der Waals surface area contributed by atoms with Crippen molar-refractivity contribution in [2.24, 2.45) is 0 Å². The number of hydrogen-bond acceptors (Lipinski definition) is 10. The molecule has 0 spiro atoms. The van der Waals surface area contributed by atoms with Crippen LogP contribution in [-0.4, -0.2) is 97.3 Å². The number of sulfonamides is 1. The summed E-state index contributed by atoms with van der Waals surface area (Å²) in [7, 11) is -3.51. The highest BCUT2D eigenvalue weighted by Gasteiger charge is 2.23. The van der Waals surface area contributed by atoms with Crippen LogP contribution in [0.1, 0.15) is 57.9 Å². The van der Waals surface area contributed by atoms with Crippen LogP contribution in [0.15, 0.2) is 35.4 Å². The number of anilines is 3. The van der Waals surface area contributed by atoms with Crippen molar-refractivity contribution in [2.45, 2.75) is 76.0 Å². The number of rotatable bonds is 15. The zero-order valence-corrected chi connectivity index (χ0v) is 25.3. The van der Waals surface area contributed by atoms with Crippen molar-refractivity contribution < 1.29 is 18.3 Å². The number of benzene rings is 1. The van der Waals surface area contributed by atoms with Gasteiger partial charge in [-0.25, -0.2) is 13.4 Å². The first kappa shape index (κ1) is 31.4. The van der Waals surface area contributed by atoms with Crippen LogP contribution in [0, 0.1) is 0 Å². The molecule has 2 fully saturated rings. The summed E-state index contributed by atoms with van der Waals surface area (Å²) >= 11 is 0. The normalized spacial score (nSPS) is 20.2. The lowest BCUT2D eigenvalue weighted by molar-refractivity contribution is 0.0398. The van der Waals surface area contributed by atoms with Gasteiger partial charge in [-0.05, 0) is 56.4 Å². The van der Waals surface area contributed by atoms with Gasteiger partial charge in [-0.1, -0.05) is 20.3 Å². The first-order valence-electron chi connectivity index (χ1n) is 15.1. The van der Waals surface area contributed by atoms with Gasteiger partial charge in [0.2, 0.25) is 16.0 Å². The van der Waals surface area contributed by atoms with Gasteiger partial charge in [-0.15, -0.1) is 0 Å². The van der Waals surface area contributed by atoms with E-state index in [-0.39, 0.29) is 12.1 Å². The van der Waals surface area contributed by atoms with E-state index < -0.39 is 10.0 Å². The maximum Gasteiger partial charge on any atom is 0.243 e. The van der Waals surface area contributed by atoms with Crippen molar-refractivity contribution in [1.82, 2.24) is 19.2 Å². The third kappa shape index (κ3) is 9.24. The number of hydrogen-bond donors (Lipinski definition) is 4. The zero-order chi connectivity index (χ0) is 29.1. The Morgan fingerprint density at radius 1 is 1.07 bits per heavy atom. The van der Waals surface area contributed by atoms with E-state index in [0.29, 0.717) is 30.5 Å². The SMILES string of the molecule is CCCCN(CC)S(=O)(=O)c1ccc(NCc2cnc(NCCN3CCOCC3)nc2NC2CCC(O)CC2)cc1. The first-order chi connectivity index (χ1) is 19.9. The van der Waals surface area contributed by atoms with Crippen molar-refractivity contribution in [1.29, 1.82) is 0 Å². The minimum Gasteiger partial charge on any atom is -0.393 e. The van der Waals surface area contributed by atoms with Crippen molar-refractivity contribution in [3.63, 3.8) is 0 Å². The second-order valence-electron chi connectivity index (χ2n) is 10.8. The van der Waals surface area contributed by atoms with Crippen LogP contribution in [0.3, 0.4) is 0 Å². The third-order valence-corrected chi connectivity index (χ3v) is 9.79. The summed E-state index contributed by atoms with van der Waals surface area (Å²) in [4.78, 5) is 12.1. The molecule has 0 unspecified atom stereocenters. The van der Waals surface area contributed by atoms with Crippen LogP contribution in [-0.2, 0) is 21.3 Å². The number of morpholine rings is 1. The summed E-state index contributed by atoms with van der Waals surface area (Å²) in [6.07, 6.45) is 6.75. The molecular weight excluding hydrogens is 542 g/mol. The van der Waals surface area contributed by atoms with Gasteiger partial charge < -0.3 is 25.8 Å². The van der Waals surface area contributed by atoms with Crippen molar-refractivity contribution in [3.8, 4) is 0 Å². The number of nitrogens with zero attached hydrogens (tertiary/aromatic N) is 4. The topological polar surface area (TPSA) is 132 Å². The van der Waals surface area contributed by atoms with E-state index in [2.05, 4.69) is 32.8 Å². The van der Waals surface area contributed by atoms with Gasteiger partial charge in [0.25, 0.3) is 0 Å². The molecule has 1 aliphatic carbocycles. The Balaban J connectivity index is 1.40. The van der Waals surface area contributed by atoms with E-state index >= 15 is 0 Å². The number of aliphatic hydroxyl groups excluding tert-OH is 1. The highest BCUT2D eigenvalue weighted by Crippen LogP contribution is 2.25. The molecule has 4 rings (SSSR count). The Labute approximate surface area is 245 Å². The smallest absolute Gasteiger partial charge is 0.243 e. The molecule has 2 aliphatic rings. The molecule has 12 heteroatoms. The van der Waals surface area contributed by atoms with Gasteiger partial charge in [0.15, 0.2) is 0 Å². The largest absolute Gasteiger partial charge is 0.393 e. The highest BCUT2D eigenvalue weighted by atomic mass is 32.2. The number of aromatic nitrogens is 2. The molecule has 1 saturated carbocycles. The Morgan fingerprint density at radius 3 is 2.49 bits per heavy atom. The second-order valence-corrected chi connectivity index (χ2v) is 12.8.